The Morgan fingerprint density at radius 1 is 1.02 bits per heavy atom. The van der Waals surface area contributed by atoms with Crippen LogP contribution in [0.5, 0.6) is 5.75 Å². The molecule has 2 aromatic carbocycles. The van der Waals surface area contributed by atoms with E-state index in [4.69, 9.17) is 16.3 Å². The first-order valence-electron chi connectivity index (χ1n) is 13.6. The maximum atomic E-state index is 14.6. The normalized spacial score (nSPS) is 18.6. The van der Waals surface area contributed by atoms with Crippen molar-refractivity contribution in [1.29, 1.82) is 0 Å². The molecule has 1 saturated heterocycles. The van der Waals surface area contributed by atoms with Gasteiger partial charge in [-0.2, -0.15) is 4.39 Å². The van der Waals surface area contributed by atoms with Crippen LogP contribution < -0.4 is 26.0 Å². The molecule has 0 bridgehead atoms. The zero-order chi connectivity index (χ0) is 30.0. The smallest absolute Gasteiger partial charge is 0.291 e. The molecular weight excluding hydrogens is 570 g/mol. The summed E-state index contributed by atoms with van der Waals surface area (Å²) in [6, 6.07) is 7.07. The number of ether oxygens (including phenoxy) is 1. The molecule has 1 saturated carbocycles. The van der Waals surface area contributed by atoms with Gasteiger partial charge < -0.3 is 30.6 Å². The minimum Gasteiger partial charge on any atom is -0.494 e. The highest BCUT2D eigenvalue weighted by Gasteiger charge is 2.33. The van der Waals surface area contributed by atoms with Crippen LogP contribution in [0.2, 0.25) is 5.02 Å². The van der Waals surface area contributed by atoms with Crippen LogP contribution in [0.15, 0.2) is 36.5 Å². The van der Waals surface area contributed by atoms with E-state index in [0.717, 1.165) is 25.9 Å². The van der Waals surface area contributed by atoms with Crippen molar-refractivity contribution >= 4 is 35.0 Å². The number of hydrogen-bond acceptors (Lipinski definition) is 6. The number of aromatic nitrogens is 2. The first-order valence-corrected chi connectivity index (χ1v) is 14.0. The summed E-state index contributed by atoms with van der Waals surface area (Å²) in [5, 5.41) is 12.0. The van der Waals surface area contributed by atoms with Crippen LogP contribution >= 0.6 is 11.6 Å². The van der Waals surface area contributed by atoms with Crippen LogP contribution in [0.1, 0.15) is 46.7 Å². The van der Waals surface area contributed by atoms with Gasteiger partial charge in [-0.1, -0.05) is 11.6 Å². The van der Waals surface area contributed by atoms with Crippen molar-refractivity contribution in [1.82, 2.24) is 25.5 Å². The van der Waals surface area contributed by atoms with Crippen LogP contribution in [0.3, 0.4) is 0 Å². The topological polar surface area (TPSA) is 126 Å². The molecule has 0 atom stereocenters. The molecule has 10 nitrogen and oxygen atoms in total. The number of methoxy groups -OCH3 is 1. The van der Waals surface area contributed by atoms with Crippen molar-refractivity contribution in [3.8, 4) is 17.0 Å². The molecule has 0 unspecified atom stereocenters. The van der Waals surface area contributed by atoms with Gasteiger partial charge in [0.25, 0.3) is 11.8 Å². The molecular formula is C29H31ClF2N6O4. The Morgan fingerprint density at radius 2 is 1.74 bits per heavy atom. The average molecular weight is 601 g/mol. The van der Waals surface area contributed by atoms with Crippen molar-refractivity contribution in [3.05, 3.63) is 64.6 Å². The van der Waals surface area contributed by atoms with E-state index in [0.29, 0.717) is 18.5 Å². The zero-order valence-electron chi connectivity index (χ0n) is 23.1. The third kappa shape index (κ3) is 6.09. The Kier molecular flexibility index (Phi) is 8.74. The summed E-state index contributed by atoms with van der Waals surface area (Å²) >= 11 is 6.37. The summed E-state index contributed by atoms with van der Waals surface area (Å²) in [5.41, 5.74) is 0.668. The summed E-state index contributed by atoms with van der Waals surface area (Å²) in [4.78, 5) is 42.2. The minimum atomic E-state index is -1.14. The molecule has 1 aromatic heterocycles. The lowest BCUT2D eigenvalue weighted by atomic mass is 9.85. The highest BCUT2D eigenvalue weighted by Crippen LogP contribution is 2.30. The Balaban J connectivity index is 1.16. The van der Waals surface area contributed by atoms with Gasteiger partial charge in [0.15, 0.2) is 17.4 Å². The molecule has 2 aliphatic rings. The number of rotatable bonds is 8. The summed E-state index contributed by atoms with van der Waals surface area (Å²) in [7, 11) is 2.74. The predicted octanol–water partition coefficient (Wildman–Crippen LogP) is 3.66. The van der Waals surface area contributed by atoms with Crippen molar-refractivity contribution in [3.63, 3.8) is 0 Å². The van der Waals surface area contributed by atoms with E-state index >= 15 is 0 Å². The molecule has 2 fully saturated rings. The molecule has 42 heavy (non-hydrogen) atoms. The van der Waals surface area contributed by atoms with Crippen LogP contribution in [0, 0.1) is 17.6 Å². The van der Waals surface area contributed by atoms with Crippen LogP contribution in [-0.2, 0) is 11.8 Å². The lowest BCUT2D eigenvalue weighted by Crippen LogP contribution is -2.55. The number of halogens is 3. The summed E-state index contributed by atoms with van der Waals surface area (Å²) in [6.45, 7) is 1.70. The van der Waals surface area contributed by atoms with Crippen LogP contribution in [0.4, 0.5) is 14.5 Å². The van der Waals surface area contributed by atoms with Crippen molar-refractivity contribution in [2.24, 2.45) is 13.0 Å². The summed E-state index contributed by atoms with van der Waals surface area (Å²) < 4.78 is 35.0. The molecule has 0 radical (unpaired) electrons. The van der Waals surface area contributed by atoms with E-state index in [1.54, 1.807) is 0 Å². The Labute approximate surface area is 246 Å². The fourth-order valence-corrected chi connectivity index (χ4v) is 5.51. The molecule has 3 amide bonds. The number of nitrogens with zero attached hydrogens (tertiary/aromatic N) is 2. The molecule has 1 aliphatic heterocycles. The van der Waals surface area contributed by atoms with E-state index in [1.165, 1.54) is 55.3 Å². The van der Waals surface area contributed by atoms with E-state index in [9.17, 15) is 23.2 Å². The molecule has 2 heterocycles. The third-order valence-corrected chi connectivity index (χ3v) is 8.05. The number of hydrogen-bond donors (Lipinski definition) is 4. The number of anilines is 1. The Bertz CT molecular complexity index is 1520. The maximum Gasteiger partial charge on any atom is 0.291 e. The summed E-state index contributed by atoms with van der Waals surface area (Å²) in [6.07, 6.45) is 4.23. The first kappa shape index (κ1) is 29.5. The first-order chi connectivity index (χ1) is 20.2. The van der Waals surface area contributed by atoms with Crippen molar-refractivity contribution in [2.75, 3.05) is 25.5 Å². The highest BCUT2D eigenvalue weighted by molar-refractivity contribution is 6.34. The van der Waals surface area contributed by atoms with E-state index in [2.05, 4.69) is 26.3 Å². The van der Waals surface area contributed by atoms with Crippen molar-refractivity contribution < 1.29 is 27.9 Å². The van der Waals surface area contributed by atoms with Gasteiger partial charge in [-0.15, -0.1) is 0 Å². The number of piperidine rings is 1. The Morgan fingerprint density at radius 3 is 2.43 bits per heavy atom. The number of nitrogens with one attached hydrogen (secondary N) is 4. The second kappa shape index (κ2) is 12.5. The van der Waals surface area contributed by atoms with Gasteiger partial charge in [0.2, 0.25) is 11.7 Å². The monoisotopic (exact) mass is 600 g/mol. The molecule has 4 N–H and O–H groups in total. The fraction of sp³-hybridized carbons (Fsp3) is 0.379. The lowest BCUT2D eigenvalue weighted by molar-refractivity contribution is -0.127. The number of amides is 3. The van der Waals surface area contributed by atoms with Crippen molar-refractivity contribution in [2.45, 2.75) is 37.8 Å². The van der Waals surface area contributed by atoms with Gasteiger partial charge in [0.1, 0.15) is 0 Å². The molecule has 0 spiro atoms. The third-order valence-electron chi connectivity index (χ3n) is 7.74. The minimum absolute atomic E-state index is 0.0395. The standard InChI is InChI=1S/C29H31ClF2N6O4/c1-38-22(20-5-6-23(42-2)25(32)24(20)31)14-34-26(38)29(41)35-16-3-4-19(21(30)13-16)28(40)37-18-11-17(12-18)36-27(39)15-7-9-33-10-8-15/h3-6,13-15,17-18,33H,7-12H2,1-2H3,(H,35,41)(H,36,39)(H,37,40). The SMILES string of the molecule is COc1ccc(-c2cnc(C(=O)Nc3ccc(C(=O)NC4CC(NC(=O)C5CCNCC5)C4)c(Cl)c3)n2C)c(F)c1F. The zero-order valence-corrected chi connectivity index (χ0v) is 23.9. The highest BCUT2D eigenvalue weighted by atomic mass is 35.5. The maximum absolute atomic E-state index is 14.6. The fourth-order valence-electron chi connectivity index (χ4n) is 5.24. The van der Waals surface area contributed by atoms with Gasteiger partial charge >= 0.3 is 0 Å². The van der Waals surface area contributed by atoms with Crippen LogP contribution in [-0.4, -0.2) is 59.6 Å². The van der Waals surface area contributed by atoms with E-state index in [-0.39, 0.29) is 63.2 Å². The van der Waals surface area contributed by atoms with E-state index < -0.39 is 17.5 Å². The number of carbonyl (C=O) groups is 3. The van der Waals surface area contributed by atoms with Gasteiger partial charge in [-0.25, -0.2) is 9.37 Å². The van der Waals surface area contributed by atoms with E-state index in [1.807, 2.05) is 0 Å². The molecule has 222 valence electrons. The Hall–Kier alpha value is -4.03. The lowest BCUT2D eigenvalue weighted by Gasteiger charge is -2.37. The van der Waals surface area contributed by atoms with Gasteiger partial charge in [-0.3, -0.25) is 14.4 Å². The number of imidazole rings is 1. The largest absolute Gasteiger partial charge is 0.494 e. The molecule has 1 aliphatic carbocycles. The van der Waals surface area contributed by atoms with Gasteiger partial charge in [0.05, 0.1) is 29.6 Å². The number of benzene rings is 2. The second-order valence-electron chi connectivity index (χ2n) is 10.5. The molecule has 13 heteroatoms. The van der Waals surface area contributed by atoms with Gasteiger partial charge in [-0.05, 0) is 69.1 Å². The van der Waals surface area contributed by atoms with Crippen LogP contribution in [0.25, 0.3) is 11.3 Å². The second-order valence-corrected chi connectivity index (χ2v) is 10.9. The average Bonchev–Trinajstić information content (AvgIpc) is 3.34. The predicted molar refractivity (Wildman–Crippen MR) is 153 cm³/mol. The van der Waals surface area contributed by atoms with Gasteiger partial charge in [0, 0.05) is 36.3 Å². The molecule has 3 aromatic rings. The quantitative estimate of drug-likeness (QED) is 0.313. The molecule has 5 rings (SSSR count). The number of carbonyl (C=O) groups excluding carboxylic acids is 3. The summed E-state index contributed by atoms with van der Waals surface area (Å²) in [5.74, 6) is -3.40.